The largest absolute Gasteiger partial charge is 3.00 e. The van der Waals surface area contributed by atoms with Crippen molar-refractivity contribution in [2.24, 2.45) is 0 Å². The van der Waals surface area contributed by atoms with Crippen molar-refractivity contribution < 1.29 is 86.7 Å². The second-order valence-electron chi connectivity index (χ2n) is 10.6. The quantitative estimate of drug-likeness (QED) is 0.223. The van der Waals surface area contributed by atoms with Crippen LogP contribution in [0.3, 0.4) is 0 Å². The van der Waals surface area contributed by atoms with Crippen molar-refractivity contribution in [3.8, 4) is 33.8 Å². The molecule has 0 N–H and O–H groups in total. The van der Waals surface area contributed by atoms with Crippen LogP contribution in [0.4, 0.5) is 0 Å². The maximum absolute atomic E-state index is 5.39. The molecule has 6 heteroatoms. The molecule has 4 aliphatic carbocycles. The van der Waals surface area contributed by atoms with Gasteiger partial charge in [0.1, 0.15) is 0 Å². The zero-order chi connectivity index (χ0) is 33.0. The molecule has 0 unspecified atom stereocenters. The van der Waals surface area contributed by atoms with Crippen LogP contribution in [0.1, 0.15) is 62.8 Å². The Bertz CT molecular complexity index is 1490. The summed E-state index contributed by atoms with van der Waals surface area (Å²) in [5.74, 6) is 1.90. The van der Waals surface area contributed by atoms with E-state index in [1.54, 1.807) is 14.2 Å². The minimum absolute atomic E-state index is 0. The van der Waals surface area contributed by atoms with Crippen molar-refractivity contribution in [3.05, 3.63) is 169 Å². The van der Waals surface area contributed by atoms with Crippen molar-refractivity contribution in [2.45, 2.75) is 53.4 Å². The Morgan fingerprint density at radius 2 is 0.920 bits per heavy atom. The van der Waals surface area contributed by atoms with E-state index in [0.717, 1.165) is 37.2 Å². The maximum atomic E-state index is 5.39. The Balaban J connectivity index is 0. The van der Waals surface area contributed by atoms with E-state index in [9.17, 15) is 0 Å². The van der Waals surface area contributed by atoms with Gasteiger partial charge in [0.15, 0.2) is 0 Å². The zero-order valence-corrected chi connectivity index (χ0v) is 36.4. The summed E-state index contributed by atoms with van der Waals surface area (Å²) in [6, 6.07) is 31.3. The first-order valence-electron chi connectivity index (χ1n) is 15.9. The van der Waals surface area contributed by atoms with E-state index in [2.05, 4.69) is 85.0 Å². The maximum Gasteiger partial charge on any atom is 3.00 e. The van der Waals surface area contributed by atoms with Gasteiger partial charge in [0.05, 0.1) is 14.2 Å². The van der Waals surface area contributed by atoms with Crippen LogP contribution in [0.2, 0.25) is 0 Å². The number of methoxy groups -OCH3 is 2. The van der Waals surface area contributed by atoms with Gasteiger partial charge >= 0.3 is 52.4 Å². The molecule has 0 aromatic heterocycles. The number of allylic oxidation sites excluding steroid dienone is 8. The summed E-state index contributed by atoms with van der Waals surface area (Å²) in [6.45, 7) is 8.00. The fourth-order valence-corrected chi connectivity index (χ4v) is 5.15. The molecule has 0 saturated carbocycles. The first kappa shape index (κ1) is 49.9. The molecule has 2 nitrogen and oxygen atoms in total. The summed E-state index contributed by atoms with van der Waals surface area (Å²) in [4.78, 5) is 0. The average molecular weight is 860 g/mol. The first-order valence-corrected chi connectivity index (χ1v) is 15.9. The van der Waals surface area contributed by atoms with E-state index in [-0.39, 0.29) is 77.2 Å². The Morgan fingerprint density at radius 3 is 1.20 bits per heavy atom. The molecule has 0 amide bonds. The number of hydrogen-bond donors (Lipinski definition) is 0. The van der Waals surface area contributed by atoms with Crippen LogP contribution < -0.4 is 34.3 Å². The summed E-state index contributed by atoms with van der Waals surface area (Å²) in [7, 11) is 3.44. The predicted octanol–water partition coefficient (Wildman–Crippen LogP) is 5.21. The molecule has 2 radical (unpaired) electrons. The fourth-order valence-electron chi connectivity index (χ4n) is 5.15. The molecule has 0 fully saturated rings. The topological polar surface area (TPSA) is 18.5 Å². The monoisotopic (exact) mass is 856 g/mol. The van der Waals surface area contributed by atoms with Crippen molar-refractivity contribution in [1.82, 2.24) is 0 Å². The molecular weight excluding hydrogens is 814 g/mol. The number of halogens is 2. The van der Waals surface area contributed by atoms with Gasteiger partial charge in [-0.05, 0) is 24.0 Å². The molecule has 8 rings (SSSR count). The number of fused-ring (bicyclic) bond motifs is 6. The third-order valence-corrected chi connectivity index (χ3v) is 7.00. The van der Waals surface area contributed by atoms with Crippen molar-refractivity contribution in [3.63, 3.8) is 0 Å². The molecule has 4 aliphatic rings. The SMILES string of the molecule is COc1cc[c-]c2c1-c1ccccc1C2.COc1cc[c-]c2c1-c1ccccc1C2.C[CH-]C.C[CH-]C.[C-]1=CC=CC1.[C-]1=CC=CC1.[Cl-].[Cl-].[Zr+3].[Zr+3]. The molecule has 0 atom stereocenters. The molecule has 0 heterocycles. The first-order chi connectivity index (χ1) is 22.6. The van der Waals surface area contributed by atoms with Gasteiger partial charge in [0.25, 0.3) is 0 Å². The molecule has 0 spiro atoms. The molecule has 4 aromatic rings. The van der Waals surface area contributed by atoms with Crippen molar-refractivity contribution in [2.75, 3.05) is 14.2 Å². The fraction of sp³-hybridized carbons (Fsp3) is 0.227. The Morgan fingerprint density at radius 1 is 0.560 bits per heavy atom. The Kier molecular flexibility index (Phi) is 29.3. The number of ether oxygens (including phenoxy) is 2. The number of rotatable bonds is 2. The molecule has 0 aliphatic heterocycles. The van der Waals surface area contributed by atoms with Crippen LogP contribution in [-0.2, 0) is 65.2 Å². The van der Waals surface area contributed by atoms with Gasteiger partial charge in [-0.1, -0.05) is 70.8 Å². The molecule has 50 heavy (non-hydrogen) atoms. The summed E-state index contributed by atoms with van der Waals surface area (Å²) in [6.07, 6.45) is 25.9. The number of benzene rings is 4. The van der Waals surface area contributed by atoms with Gasteiger partial charge < -0.3 is 47.1 Å². The smallest absolute Gasteiger partial charge is 1.00 e. The van der Waals surface area contributed by atoms with Crippen LogP contribution in [0, 0.1) is 37.1 Å². The second kappa shape index (κ2) is 29.4. The third-order valence-electron chi connectivity index (χ3n) is 7.00. The van der Waals surface area contributed by atoms with Gasteiger partial charge in [0, 0.05) is 11.5 Å². The zero-order valence-electron chi connectivity index (χ0n) is 29.9. The van der Waals surface area contributed by atoms with Gasteiger partial charge in [0.2, 0.25) is 0 Å². The van der Waals surface area contributed by atoms with E-state index in [0.29, 0.717) is 0 Å². The van der Waals surface area contributed by atoms with Crippen molar-refractivity contribution >= 4 is 0 Å². The van der Waals surface area contributed by atoms with E-state index in [4.69, 9.17) is 9.47 Å². The molecule has 0 saturated heterocycles. The summed E-state index contributed by atoms with van der Waals surface area (Å²) < 4.78 is 10.8. The average Bonchev–Trinajstić information content (AvgIpc) is 3.93. The molecular formula is C44H46Cl2O2Zr2-2. The molecule has 258 valence electrons. The van der Waals surface area contributed by atoms with E-state index >= 15 is 0 Å². The predicted molar refractivity (Wildman–Crippen MR) is 195 cm³/mol. The van der Waals surface area contributed by atoms with Crippen LogP contribution in [-0.4, -0.2) is 14.2 Å². The van der Waals surface area contributed by atoms with Crippen LogP contribution in [0.5, 0.6) is 11.5 Å². The van der Waals surface area contributed by atoms with E-state index in [1.165, 1.54) is 44.5 Å². The van der Waals surface area contributed by atoms with Crippen LogP contribution >= 0.6 is 0 Å². The minimum atomic E-state index is 0. The van der Waals surface area contributed by atoms with Gasteiger partial charge in [-0.2, -0.15) is 64.1 Å². The van der Waals surface area contributed by atoms with Gasteiger partial charge in [-0.25, -0.2) is 24.3 Å². The second-order valence-corrected chi connectivity index (χ2v) is 10.6. The van der Waals surface area contributed by atoms with E-state index < -0.39 is 0 Å². The van der Waals surface area contributed by atoms with Crippen LogP contribution in [0.25, 0.3) is 22.3 Å². The number of hydrogen-bond acceptors (Lipinski definition) is 2. The van der Waals surface area contributed by atoms with Gasteiger partial charge in [-0.3, -0.25) is 12.2 Å². The van der Waals surface area contributed by atoms with Crippen molar-refractivity contribution in [1.29, 1.82) is 0 Å². The molecule has 0 bridgehead atoms. The standard InChI is InChI=1S/2C14H11O.2C5H5.2C3H7.2ClH.2Zr/c2*1-15-13-8-4-6-11-9-10-5-2-3-7-12(10)14(11)13;2*1-2-4-5-3-1;2*1-3-2;;;;/h2*2-5,7-8H,9H2,1H3;2*1-3H,4H2;2*3H,1-2H3;2*1H;;/q6*-1;;;2*+3/p-2. The normalized spacial score (nSPS) is 11.5. The molecule has 4 aromatic carbocycles. The Hall–Kier alpha value is -2.21. The summed E-state index contributed by atoms with van der Waals surface area (Å²) in [5.41, 5.74) is 10.3. The third kappa shape index (κ3) is 15.2. The van der Waals surface area contributed by atoms with Crippen LogP contribution in [0.15, 0.2) is 109 Å². The Labute approximate surface area is 353 Å². The van der Waals surface area contributed by atoms with E-state index in [1.807, 2.05) is 89.1 Å². The minimum Gasteiger partial charge on any atom is -1.00 e. The van der Waals surface area contributed by atoms with Gasteiger partial charge in [-0.15, -0.1) is 36.1 Å². The summed E-state index contributed by atoms with van der Waals surface area (Å²) in [5, 5.41) is 0. The summed E-state index contributed by atoms with van der Waals surface area (Å²) >= 11 is 0.